The van der Waals surface area contributed by atoms with Crippen molar-refractivity contribution in [3.63, 3.8) is 0 Å². The maximum absolute atomic E-state index is 12.7. The predicted octanol–water partition coefficient (Wildman–Crippen LogP) is 4.71. The highest BCUT2D eigenvalue weighted by Gasteiger charge is 2.19. The summed E-state index contributed by atoms with van der Waals surface area (Å²) in [6.45, 7) is 9.76. The quantitative estimate of drug-likeness (QED) is 0.313. The summed E-state index contributed by atoms with van der Waals surface area (Å²) in [6, 6.07) is 18.1. The summed E-state index contributed by atoms with van der Waals surface area (Å²) < 4.78 is 7.63. The van der Waals surface area contributed by atoms with E-state index >= 15 is 0 Å². The van der Waals surface area contributed by atoms with E-state index in [0.29, 0.717) is 25.4 Å². The topological polar surface area (TPSA) is 60.3 Å². The van der Waals surface area contributed by atoms with E-state index in [-0.39, 0.29) is 5.91 Å². The van der Waals surface area contributed by atoms with E-state index < -0.39 is 0 Å². The van der Waals surface area contributed by atoms with E-state index in [0.717, 1.165) is 34.3 Å². The molecule has 0 atom stereocenters. The molecule has 6 nitrogen and oxygen atoms in total. The molecule has 0 N–H and O–H groups in total. The Morgan fingerprint density at radius 3 is 2.53 bits per heavy atom. The number of thioether (sulfide) groups is 1. The van der Waals surface area contributed by atoms with E-state index in [1.807, 2.05) is 56.3 Å². The number of carbonyl (C=O) groups is 1. The summed E-state index contributed by atoms with van der Waals surface area (Å²) >= 11 is 1.42. The lowest BCUT2D eigenvalue weighted by molar-refractivity contribution is -0.127. The highest BCUT2D eigenvalue weighted by Crippen LogP contribution is 2.31. The van der Waals surface area contributed by atoms with Gasteiger partial charge in [-0.2, -0.15) is 0 Å². The molecule has 1 heterocycles. The normalized spacial score (nSPS) is 10.7. The largest absolute Gasteiger partial charge is 0.496 e. The minimum absolute atomic E-state index is 0.0666. The van der Waals surface area contributed by atoms with Crippen molar-refractivity contribution in [3.05, 3.63) is 72.3 Å². The molecule has 0 fully saturated rings. The zero-order valence-corrected chi connectivity index (χ0v) is 19.8. The Morgan fingerprint density at radius 1 is 1.12 bits per heavy atom. The number of hydrogen-bond acceptors (Lipinski definition) is 5. The van der Waals surface area contributed by atoms with Gasteiger partial charge in [-0.3, -0.25) is 4.79 Å². The van der Waals surface area contributed by atoms with Crippen molar-refractivity contribution >= 4 is 17.7 Å². The maximum atomic E-state index is 12.7. The van der Waals surface area contributed by atoms with Crippen LogP contribution in [-0.2, 0) is 17.8 Å². The Hall–Kier alpha value is -3.06. The highest BCUT2D eigenvalue weighted by atomic mass is 32.2. The molecule has 32 heavy (non-hydrogen) atoms. The molecule has 2 aromatic carbocycles. The summed E-state index contributed by atoms with van der Waals surface area (Å²) in [4.78, 5) is 14.5. The molecule has 0 spiro atoms. The van der Waals surface area contributed by atoms with Crippen LogP contribution in [0.1, 0.15) is 19.4 Å². The Morgan fingerprint density at radius 2 is 1.84 bits per heavy atom. The first kappa shape index (κ1) is 23.6. The first-order valence-electron chi connectivity index (χ1n) is 10.7. The van der Waals surface area contributed by atoms with Gasteiger partial charge in [-0.25, -0.2) is 0 Å². The molecule has 0 bridgehead atoms. The molecule has 0 radical (unpaired) electrons. The molecule has 0 saturated carbocycles. The van der Waals surface area contributed by atoms with Crippen LogP contribution in [0.2, 0.25) is 0 Å². The lowest BCUT2D eigenvalue weighted by Gasteiger charge is -2.20. The number of aromatic nitrogens is 3. The number of methoxy groups -OCH3 is 1. The molecule has 0 aliphatic carbocycles. The number of carbonyl (C=O) groups excluding carboxylic acids is 1. The van der Waals surface area contributed by atoms with Crippen LogP contribution >= 0.6 is 11.8 Å². The number of benzene rings is 2. The summed E-state index contributed by atoms with van der Waals surface area (Å²) in [5, 5.41) is 9.63. The molecule has 1 amide bonds. The Bertz CT molecular complexity index is 1050. The zero-order valence-electron chi connectivity index (χ0n) is 19.0. The van der Waals surface area contributed by atoms with Gasteiger partial charge in [0.15, 0.2) is 11.0 Å². The van der Waals surface area contributed by atoms with Crippen molar-refractivity contribution in [1.82, 2.24) is 19.7 Å². The number of aryl methyl sites for hydroxylation is 1. The van der Waals surface area contributed by atoms with Gasteiger partial charge in [0.2, 0.25) is 5.91 Å². The summed E-state index contributed by atoms with van der Waals surface area (Å²) in [5.41, 5.74) is 3.08. The third-order valence-corrected chi connectivity index (χ3v) is 6.00. The van der Waals surface area contributed by atoms with E-state index in [4.69, 9.17) is 4.74 Å². The molecular formula is C25H30N4O2S. The van der Waals surface area contributed by atoms with Crippen molar-refractivity contribution in [3.8, 4) is 17.1 Å². The van der Waals surface area contributed by atoms with Crippen molar-refractivity contribution < 1.29 is 9.53 Å². The lowest BCUT2D eigenvalue weighted by Crippen LogP contribution is -2.33. The van der Waals surface area contributed by atoms with Gasteiger partial charge < -0.3 is 14.2 Å². The van der Waals surface area contributed by atoms with Crippen molar-refractivity contribution in [2.45, 2.75) is 32.0 Å². The second-order valence-corrected chi connectivity index (χ2v) is 8.49. The average molecular weight is 451 g/mol. The molecule has 168 valence electrons. The van der Waals surface area contributed by atoms with E-state index in [1.54, 1.807) is 12.0 Å². The predicted molar refractivity (Wildman–Crippen MR) is 130 cm³/mol. The van der Waals surface area contributed by atoms with Crippen molar-refractivity contribution in [2.24, 2.45) is 0 Å². The summed E-state index contributed by atoms with van der Waals surface area (Å²) in [7, 11) is 1.65. The molecule has 0 saturated heterocycles. The third-order valence-electron chi connectivity index (χ3n) is 5.05. The van der Waals surface area contributed by atoms with Crippen LogP contribution < -0.4 is 4.74 Å². The van der Waals surface area contributed by atoms with Gasteiger partial charge in [-0.1, -0.05) is 66.4 Å². The first-order valence-corrected chi connectivity index (χ1v) is 11.7. The molecule has 0 aliphatic heterocycles. The molecule has 3 aromatic rings. The van der Waals surface area contributed by atoms with Crippen LogP contribution in [0.4, 0.5) is 0 Å². The second-order valence-electron chi connectivity index (χ2n) is 7.55. The van der Waals surface area contributed by atoms with Gasteiger partial charge in [0.1, 0.15) is 5.75 Å². The van der Waals surface area contributed by atoms with Gasteiger partial charge in [-0.05, 0) is 38.0 Å². The number of ether oxygens (including phenoxy) is 1. The Labute approximate surface area is 194 Å². The van der Waals surface area contributed by atoms with Crippen LogP contribution in [0, 0.1) is 0 Å². The number of likely N-dealkylation sites (N-methyl/N-ethyl adjacent to an activating group) is 1. The standard InChI is InChI=1S/C25H30N4O2S/c1-5-28(17-19(2)3)23(30)18-32-25-27-26-24(21-13-9-10-14-22(21)31-4)29(25)16-15-20-11-7-6-8-12-20/h6-14H,2,5,15-18H2,1,3-4H3. The van der Waals surface area contributed by atoms with E-state index in [1.165, 1.54) is 17.3 Å². The second kappa shape index (κ2) is 11.5. The van der Waals surface area contributed by atoms with Crippen molar-refractivity contribution in [2.75, 3.05) is 26.0 Å². The van der Waals surface area contributed by atoms with E-state index in [2.05, 4.69) is 33.5 Å². The number of amides is 1. The Kier molecular flexibility index (Phi) is 8.50. The molecule has 0 aliphatic rings. The number of hydrogen-bond donors (Lipinski definition) is 0. The fourth-order valence-corrected chi connectivity index (χ4v) is 4.30. The SMILES string of the molecule is C=C(C)CN(CC)C(=O)CSc1nnc(-c2ccccc2OC)n1CCc1ccccc1. The molecule has 0 unspecified atom stereocenters. The van der Waals surface area contributed by atoms with Gasteiger partial charge >= 0.3 is 0 Å². The molecule has 3 rings (SSSR count). The average Bonchev–Trinajstić information content (AvgIpc) is 3.22. The van der Waals surface area contributed by atoms with E-state index in [9.17, 15) is 4.79 Å². The van der Waals surface area contributed by atoms with Crippen LogP contribution in [-0.4, -0.2) is 51.5 Å². The fourth-order valence-electron chi connectivity index (χ4n) is 3.43. The highest BCUT2D eigenvalue weighted by molar-refractivity contribution is 7.99. The summed E-state index contributed by atoms with van der Waals surface area (Å²) in [5.74, 6) is 1.85. The van der Waals surface area contributed by atoms with Crippen LogP contribution in [0.3, 0.4) is 0 Å². The van der Waals surface area contributed by atoms with Crippen molar-refractivity contribution in [1.29, 1.82) is 0 Å². The third kappa shape index (κ3) is 6.01. The number of para-hydroxylation sites is 1. The van der Waals surface area contributed by atoms with Gasteiger partial charge in [-0.15, -0.1) is 10.2 Å². The minimum Gasteiger partial charge on any atom is -0.496 e. The Balaban J connectivity index is 1.85. The smallest absolute Gasteiger partial charge is 0.233 e. The minimum atomic E-state index is 0.0666. The monoisotopic (exact) mass is 450 g/mol. The maximum Gasteiger partial charge on any atom is 0.233 e. The molecule has 1 aromatic heterocycles. The van der Waals surface area contributed by atoms with Crippen LogP contribution in [0.5, 0.6) is 5.75 Å². The number of nitrogens with zero attached hydrogens (tertiary/aromatic N) is 4. The van der Waals surface area contributed by atoms with Crippen LogP contribution in [0.15, 0.2) is 71.9 Å². The fraction of sp³-hybridized carbons (Fsp3) is 0.320. The zero-order chi connectivity index (χ0) is 22.9. The molecule has 7 heteroatoms. The van der Waals surface area contributed by atoms with Gasteiger partial charge in [0.05, 0.1) is 18.4 Å². The lowest BCUT2D eigenvalue weighted by atomic mass is 10.1. The van der Waals surface area contributed by atoms with Crippen LogP contribution in [0.25, 0.3) is 11.4 Å². The first-order chi connectivity index (χ1) is 15.5. The molecular weight excluding hydrogens is 420 g/mol. The van der Waals surface area contributed by atoms with Gasteiger partial charge in [0.25, 0.3) is 0 Å². The summed E-state index contributed by atoms with van der Waals surface area (Å²) in [6.07, 6.45) is 0.833. The van der Waals surface area contributed by atoms with Gasteiger partial charge in [0, 0.05) is 19.6 Å². The number of rotatable bonds is 11.